The number of aryl methyl sites for hydroxylation is 1. The zero-order valence-electron chi connectivity index (χ0n) is 10.8. The minimum Gasteiger partial charge on any atom is -0.341 e. The van der Waals surface area contributed by atoms with Gasteiger partial charge in [0.25, 0.3) is 5.91 Å². The molecular weight excluding hydrogens is 297 g/mol. The smallest absolute Gasteiger partial charge is 0.260 e. The third-order valence-corrected chi connectivity index (χ3v) is 3.11. The molecule has 0 radical (unpaired) electrons. The molecule has 21 heavy (non-hydrogen) atoms. The molecule has 3 aromatic rings. The lowest BCUT2D eigenvalue weighted by molar-refractivity contribution is 0.102. The molecule has 0 spiro atoms. The minimum atomic E-state index is -0.654. The summed E-state index contributed by atoms with van der Waals surface area (Å²) in [5.41, 5.74) is 1.41. The van der Waals surface area contributed by atoms with Crippen LogP contribution in [0.1, 0.15) is 15.9 Å². The number of halogens is 2. The maximum atomic E-state index is 13.7. The molecule has 3 rings (SSSR count). The summed E-state index contributed by atoms with van der Waals surface area (Å²) in [5.74, 6) is -1.30. The maximum Gasteiger partial charge on any atom is 0.260 e. The summed E-state index contributed by atoms with van der Waals surface area (Å²) >= 11 is 5.94. The summed E-state index contributed by atoms with van der Waals surface area (Å²) in [7, 11) is 0. The van der Waals surface area contributed by atoms with Crippen molar-refractivity contribution in [3.8, 4) is 0 Å². The molecule has 0 bridgehead atoms. The molecule has 0 aliphatic carbocycles. The normalized spacial score (nSPS) is 10.8. The van der Waals surface area contributed by atoms with Crippen molar-refractivity contribution in [2.75, 3.05) is 5.32 Å². The third kappa shape index (κ3) is 2.55. The quantitative estimate of drug-likeness (QED) is 0.713. The first-order chi connectivity index (χ1) is 10.0. The van der Waals surface area contributed by atoms with Crippen molar-refractivity contribution < 1.29 is 9.18 Å². The number of aromatic amines is 1. The molecule has 0 fully saturated rings. The number of benzene rings is 1. The Hall–Kier alpha value is -2.54. The van der Waals surface area contributed by atoms with Crippen LogP contribution in [-0.4, -0.2) is 25.8 Å². The lowest BCUT2D eigenvalue weighted by atomic mass is 10.1. The first-order valence-corrected chi connectivity index (χ1v) is 6.36. The van der Waals surface area contributed by atoms with Gasteiger partial charge in [-0.2, -0.15) is 9.97 Å². The number of carbonyl (C=O) groups excluding carboxylic acids is 1. The van der Waals surface area contributed by atoms with Crippen LogP contribution in [-0.2, 0) is 0 Å². The molecular formula is C13H9ClFN5O. The van der Waals surface area contributed by atoms with Crippen LogP contribution in [0.15, 0.2) is 24.5 Å². The van der Waals surface area contributed by atoms with Gasteiger partial charge in [-0.15, -0.1) is 0 Å². The van der Waals surface area contributed by atoms with Crippen molar-refractivity contribution in [1.82, 2.24) is 19.9 Å². The zero-order valence-corrected chi connectivity index (χ0v) is 11.6. The predicted octanol–water partition coefficient (Wildman–Crippen LogP) is 2.71. The summed E-state index contributed by atoms with van der Waals surface area (Å²) in [4.78, 5) is 26.7. The van der Waals surface area contributed by atoms with Crippen LogP contribution in [0.2, 0.25) is 5.15 Å². The van der Waals surface area contributed by atoms with Crippen LogP contribution in [0.3, 0.4) is 0 Å². The summed E-state index contributed by atoms with van der Waals surface area (Å²) in [6, 6.07) is 4.32. The fraction of sp³-hybridized carbons (Fsp3) is 0.0769. The summed E-state index contributed by atoms with van der Waals surface area (Å²) in [5, 5.41) is 2.52. The predicted molar refractivity (Wildman–Crippen MR) is 75.8 cm³/mol. The zero-order chi connectivity index (χ0) is 15.0. The van der Waals surface area contributed by atoms with Crippen molar-refractivity contribution in [3.05, 3.63) is 46.6 Å². The van der Waals surface area contributed by atoms with E-state index in [4.69, 9.17) is 11.6 Å². The molecule has 0 unspecified atom stereocenters. The van der Waals surface area contributed by atoms with Gasteiger partial charge >= 0.3 is 0 Å². The van der Waals surface area contributed by atoms with Gasteiger partial charge in [-0.1, -0.05) is 17.7 Å². The maximum absolute atomic E-state index is 13.7. The van der Waals surface area contributed by atoms with Gasteiger partial charge in [-0.3, -0.25) is 10.1 Å². The number of amides is 1. The monoisotopic (exact) mass is 305 g/mol. The highest BCUT2D eigenvalue weighted by molar-refractivity contribution is 6.33. The summed E-state index contributed by atoms with van der Waals surface area (Å²) in [6.45, 7) is 1.74. The fourth-order valence-electron chi connectivity index (χ4n) is 1.83. The molecule has 2 heterocycles. The molecule has 106 valence electrons. The Morgan fingerprint density at radius 1 is 1.38 bits per heavy atom. The fourth-order valence-corrected chi connectivity index (χ4v) is 2.05. The van der Waals surface area contributed by atoms with Gasteiger partial charge in [0, 0.05) is 0 Å². The van der Waals surface area contributed by atoms with Crippen LogP contribution in [0, 0.1) is 12.7 Å². The lowest BCUT2D eigenvalue weighted by Gasteiger charge is -2.05. The number of aromatic nitrogens is 4. The number of carbonyl (C=O) groups is 1. The second-order valence-corrected chi connectivity index (χ2v) is 4.73. The molecule has 6 nitrogen and oxygen atoms in total. The largest absolute Gasteiger partial charge is 0.341 e. The topological polar surface area (TPSA) is 83.6 Å². The van der Waals surface area contributed by atoms with E-state index >= 15 is 0 Å². The van der Waals surface area contributed by atoms with Crippen LogP contribution >= 0.6 is 11.6 Å². The van der Waals surface area contributed by atoms with Crippen molar-refractivity contribution in [2.24, 2.45) is 0 Å². The number of rotatable bonds is 2. The summed E-state index contributed by atoms with van der Waals surface area (Å²) < 4.78 is 13.7. The Morgan fingerprint density at radius 3 is 2.95 bits per heavy atom. The van der Waals surface area contributed by atoms with E-state index in [0.717, 1.165) is 5.56 Å². The van der Waals surface area contributed by atoms with Crippen LogP contribution in [0.25, 0.3) is 11.2 Å². The molecule has 8 heteroatoms. The number of imidazole rings is 1. The Kier molecular flexibility index (Phi) is 3.26. The van der Waals surface area contributed by atoms with Gasteiger partial charge in [0.2, 0.25) is 5.95 Å². The van der Waals surface area contributed by atoms with Crippen molar-refractivity contribution in [3.63, 3.8) is 0 Å². The Bertz CT molecular complexity index is 848. The van der Waals surface area contributed by atoms with Crippen LogP contribution in [0.4, 0.5) is 10.3 Å². The lowest BCUT2D eigenvalue weighted by Crippen LogP contribution is -2.16. The molecule has 0 aliphatic heterocycles. The molecule has 1 amide bonds. The molecule has 0 atom stereocenters. The number of nitrogens with one attached hydrogen (secondary N) is 2. The number of hydrogen-bond donors (Lipinski definition) is 2. The highest BCUT2D eigenvalue weighted by Crippen LogP contribution is 2.19. The van der Waals surface area contributed by atoms with Gasteiger partial charge in [-0.25, -0.2) is 9.37 Å². The summed E-state index contributed by atoms with van der Waals surface area (Å²) in [6.07, 6.45) is 1.41. The second-order valence-electron chi connectivity index (χ2n) is 4.38. The Morgan fingerprint density at radius 2 is 2.19 bits per heavy atom. The van der Waals surface area contributed by atoms with Crippen molar-refractivity contribution >= 4 is 34.6 Å². The van der Waals surface area contributed by atoms with E-state index in [1.54, 1.807) is 13.0 Å². The third-order valence-electron chi connectivity index (χ3n) is 2.84. The van der Waals surface area contributed by atoms with Crippen molar-refractivity contribution in [2.45, 2.75) is 6.92 Å². The highest BCUT2D eigenvalue weighted by atomic mass is 35.5. The Balaban J connectivity index is 1.92. The molecule has 2 aromatic heterocycles. The van der Waals surface area contributed by atoms with E-state index in [9.17, 15) is 9.18 Å². The number of H-pyrrole nitrogens is 1. The number of hydrogen-bond acceptors (Lipinski definition) is 4. The standard InChI is InChI=1S/C13H9ClFN5O/c1-6-2-3-7(8(15)4-6)12(21)20-13-18-10(14)9-11(19-13)17-5-16-9/h2-5H,1H3,(H2,16,17,18,19,20,21). The average Bonchev–Trinajstić information content (AvgIpc) is 2.87. The number of nitrogens with zero attached hydrogens (tertiary/aromatic N) is 3. The number of fused-ring (bicyclic) bond motifs is 1. The molecule has 0 aliphatic rings. The van der Waals surface area contributed by atoms with E-state index < -0.39 is 11.7 Å². The first kappa shape index (κ1) is 13.4. The minimum absolute atomic E-state index is 0.0374. The number of anilines is 1. The average molecular weight is 306 g/mol. The van der Waals surface area contributed by atoms with E-state index in [2.05, 4.69) is 25.3 Å². The van der Waals surface area contributed by atoms with Gasteiger partial charge in [0.1, 0.15) is 11.3 Å². The van der Waals surface area contributed by atoms with E-state index in [-0.39, 0.29) is 16.7 Å². The van der Waals surface area contributed by atoms with Gasteiger partial charge < -0.3 is 4.98 Å². The molecule has 2 N–H and O–H groups in total. The highest BCUT2D eigenvalue weighted by Gasteiger charge is 2.15. The first-order valence-electron chi connectivity index (χ1n) is 5.99. The second kappa shape index (κ2) is 5.10. The van der Waals surface area contributed by atoms with Gasteiger partial charge in [-0.05, 0) is 24.6 Å². The van der Waals surface area contributed by atoms with Crippen LogP contribution < -0.4 is 5.32 Å². The molecule has 0 saturated heterocycles. The van der Waals surface area contributed by atoms with Crippen molar-refractivity contribution in [1.29, 1.82) is 0 Å². The van der Waals surface area contributed by atoms with E-state index in [1.165, 1.54) is 18.5 Å². The molecule has 1 aromatic carbocycles. The molecule has 0 saturated carbocycles. The van der Waals surface area contributed by atoms with Crippen LogP contribution in [0.5, 0.6) is 0 Å². The SMILES string of the molecule is Cc1ccc(C(=O)Nc2nc(Cl)c3[nH]cnc3n2)c(F)c1. The van der Waals surface area contributed by atoms with Gasteiger partial charge in [0.05, 0.1) is 11.9 Å². The van der Waals surface area contributed by atoms with E-state index in [0.29, 0.717) is 11.2 Å². The van der Waals surface area contributed by atoms with Gasteiger partial charge in [0.15, 0.2) is 10.8 Å². The van der Waals surface area contributed by atoms with E-state index in [1.807, 2.05) is 0 Å². The Labute approximate surface area is 123 Å².